The molecule has 0 radical (unpaired) electrons. The first-order valence-corrected chi connectivity index (χ1v) is 6.51. The second-order valence-corrected chi connectivity index (χ2v) is 5.03. The topological polar surface area (TPSA) is 58.4 Å². The zero-order valence-electron chi connectivity index (χ0n) is 11.0. The maximum atomic E-state index is 12.0. The molecule has 4 nitrogen and oxygen atoms in total. The van der Waals surface area contributed by atoms with Crippen molar-refractivity contribution in [2.24, 2.45) is 5.73 Å². The van der Waals surface area contributed by atoms with Gasteiger partial charge in [-0.3, -0.25) is 0 Å². The molecule has 0 aromatic heterocycles. The first-order valence-electron chi connectivity index (χ1n) is 6.51. The van der Waals surface area contributed by atoms with Gasteiger partial charge in [0.25, 0.3) is 0 Å². The number of carbonyl (C=O) groups is 1. The van der Waals surface area contributed by atoms with E-state index in [-0.39, 0.29) is 12.1 Å². The van der Waals surface area contributed by atoms with E-state index in [9.17, 15) is 4.79 Å². The third kappa shape index (κ3) is 2.82. The third-order valence-electron chi connectivity index (χ3n) is 3.50. The lowest BCUT2D eigenvalue weighted by atomic mass is 10.1. The van der Waals surface area contributed by atoms with Crippen LogP contribution < -0.4 is 11.1 Å². The fourth-order valence-corrected chi connectivity index (χ4v) is 2.30. The largest absolute Gasteiger partial charge is 0.324 e. The zero-order chi connectivity index (χ0) is 13.1. The molecule has 0 aliphatic carbocycles. The van der Waals surface area contributed by atoms with Crippen molar-refractivity contribution in [3.8, 4) is 0 Å². The molecule has 2 unspecified atom stereocenters. The summed E-state index contributed by atoms with van der Waals surface area (Å²) in [6.45, 7) is 4.89. The van der Waals surface area contributed by atoms with Gasteiger partial charge < -0.3 is 16.0 Å². The number of nitrogens with one attached hydrogen (secondary N) is 1. The van der Waals surface area contributed by atoms with E-state index in [0.29, 0.717) is 6.04 Å². The van der Waals surface area contributed by atoms with Crippen LogP contribution in [0.1, 0.15) is 38.3 Å². The van der Waals surface area contributed by atoms with Gasteiger partial charge >= 0.3 is 6.03 Å². The summed E-state index contributed by atoms with van der Waals surface area (Å²) in [7, 11) is 0. The Morgan fingerprint density at radius 1 is 1.44 bits per heavy atom. The van der Waals surface area contributed by atoms with Crippen LogP contribution in [0.3, 0.4) is 0 Å². The summed E-state index contributed by atoms with van der Waals surface area (Å²) in [4.78, 5) is 13.9. The van der Waals surface area contributed by atoms with Crippen molar-refractivity contribution in [1.82, 2.24) is 4.90 Å². The number of nitrogens with two attached hydrogens (primary N) is 1. The van der Waals surface area contributed by atoms with Crippen LogP contribution in [-0.4, -0.2) is 23.5 Å². The Morgan fingerprint density at radius 3 is 2.61 bits per heavy atom. The second kappa shape index (κ2) is 5.40. The summed E-state index contributed by atoms with van der Waals surface area (Å²) in [6.07, 6.45) is 2.19. The Morgan fingerprint density at radius 2 is 2.11 bits per heavy atom. The third-order valence-corrected chi connectivity index (χ3v) is 3.50. The van der Waals surface area contributed by atoms with Crippen LogP contribution in [0.25, 0.3) is 0 Å². The van der Waals surface area contributed by atoms with Gasteiger partial charge in [-0.2, -0.15) is 0 Å². The number of hydrogen-bond acceptors (Lipinski definition) is 2. The minimum absolute atomic E-state index is 0.00598. The Hall–Kier alpha value is -1.55. The molecule has 1 aliphatic rings. The standard InChI is InChI=1S/C14H21N3O/c1-10-4-3-9-17(10)14(18)16-13-7-5-12(6-8-13)11(2)15/h5-8,10-11H,3-4,9,15H2,1-2H3,(H,16,18). The fraction of sp³-hybridized carbons (Fsp3) is 0.500. The quantitative estimate of drug-likeness (QED) is 0.844. The molecule has 0 spiro atoms. The van der Waals surface area contributed by atoms with Crippen LogP contribution in [0.5, 0.6) is 0 Å². The van der Waals surface area contributed by atoms with E-state index in [1.165, 1.54) is 0 Å². The average molecular weight is 247 g/mol. The van der Waals surface area contributed by atoms with Gasteiger partial charge in [0.2, 0.25) is 0 Å². The molecule has 3 N–H and O–H groups in total. The van der Waals surface area contributed by atoms with E-state index >= 15 is 0 Å². The van der Waals surface area contributed by atoms with Gasteiger partial charge in [0.1, 0.15) is 0 Å². The lowest BCUT2D eigenvalue weighted by Crippen LogP contribution is -2.37. The summed E-state index contributed by atoms with van der Waals surface area (Å²) in [5, 5.41) is 2.93. The van der Waals surface area contributed by atoms with Gasteiger partial charge in [0.05, 0.1) is 0 Å². The Balaban J connectivity index is 1.98. The predicted octanol–water partition coefficient (Wildman–Crippen LogP) is 2.72. The maximum absolute atomic E-state index is 12.0. The predicted molar refractivity (Wildman–Crippen MR) is 73.5 cm³/mol. The summed E-state index contributed by atoms with van der Waals surface area (Å²) < 4.78 is 0. The summed E-state index contributed by atoms with van der Waals surface area (Å²) in [6, 6.07) is 8.06. The van der Waals surface area contributed by atoms with E-state index in [1.54, 1.807) is 0 Å². The van der Waals surface area contributed by atoms with Gasteiger partial charge in [0.15, 0.2) is 0 Å². The van der Waals surface area contributed by atoms with Crippen molar-refractivity contribution in [3.05, 3.63) is 29.8 Å². The lowest BCUT2D eigenvalue weighted by Gasteiger charge is -2.21. The highest BCUT2D eigenvalue weighted by Gasteiger charge is 2.24. The fourth-order valence-electron chi connectivity index (χ4n) is 2.30. The second-order valence-electron chi connectivity index (χ2n) is 5.03. The molecular weight excluding hydrogens is 226 g/mol. The average Bonchev–Trinajstić information content (AvgIpc) is 2.76. The smallest absolute Gasteiger partial charge is 0.322 e. The first-order chi connectivity index (χ1) is 8.58. The highest BCUT2D eigenvalue weighted by molar-refractivity contribution is 5.89. The van der Waals surface area contributed by atoms with E-state index in [4.69, 9.17) is 5.73 Å². The normalized spacial score (nSPS) is 20.8. The molecule has 2 amide bonds. The number of anilines is 1. The number of nitrogens with zero attached hydrogens (tertiary/aromatic N) is 1. The van der Waals surface area contributed by atoms with Gasteiger partial charge in [-0.15, -0.1) is 0 Å². The number of rotatable bonds is 2. The summed E-state index contributed by atoms with van der Waals surface area (Å²) >= 11 is 0. The molecule has 18 heavy (non-hydrogen) atoms. The van der Waals surface area contributed by atoms with Gasteiger partial charge in [-0.25, -0.2) is 4.79 Å². The maximum Gasteiger partial charge on any atom is 0.322 e. The molecule has 2 atom stereocenters. The van der Waals surface area contributed by atoms with Crippen molar-refractivity contribution in [2.45, 2.75) is 38.8 Å². The van der Waals surface area contributed by atoms with E-state index in [1.807, 2.05) is 36.1 Å². The molecule has 1 aromatic carbocycles. The Kier molecular flexibility index (Phi) is 3.87. The SMILES string of the molecule is CC(N)c1ccc(NC(=O)N2CCCC2C)cc1. The van der Waals surface area contributed by atoms with Crippen molar-refractivity contribution in [2.75, 3.05) is 11.9 Å². The van der Waals surface area contributed by atoms with Crippen LogP contribution >= 0.6 is 0 Å². The Bertz CT molecular complexity index is 414. The molecule has 1 aromatic rings. The molecule has 1 heterocycles. The number of amides is 2. The zero-order valence-corrected chi connectivity index (χ0v) is 11.0. The van der Waals surface area contributed by atoms with Crippen LogP contribution in [-0.2, 0) is 0 Å². The molecular formula is C14H21N3O. The molecule has 4 heteroatoms. The lowest BCUT2D eigenvalue weighted by molar-refractivity contribution is 0.210. The van der Waals surface area contributed by atoms with E-state index < -0.39 is 0 Å². The number of hydrogen-bond donors (Lipinski definition) is 2. The van der Waals surface area contributed by atoms with Crippen molar-refractivity contribution >= 4 is 11.7 Å². The minimum Gasteiger partial charge on any atom is -0.324 e. The molecule has 1 aliphatic heterocycles. The first kappa shape index (κ1) is 12.9. The summed E-state index contributed by atoms with van der Waals surface area (Å²) in [5.41, 5.74) is 7.68. The number of benzene rings is 1. The van der Waals surface area contributed by atoms with Crippen LogP contribution in [0.15, 0.2) is 24.3 Å². The molecule has 1 saturated heterocycles. The molecule has 0 bridgehead atoms. The van der Waals surface area contributed by atoms with Crippen LogP contribution in [0.4, 0.5) is 10.5 Å². The van der Waals surface area contributed by atoms with Gasteiger partial charge in [-0.05, 0) is 44.4 Å². The number of likely N-dealkylation sites (tertiary alicyclic amines) is 1. The van der Waals surface area contributed by atoms with Crippen LogP contribution in [0.2, 0.25) is 0 Å². The number of carbonyl (C=O) groups excluding carboxylic acids is 1. The van der Waals surface area contributed by atoms with Crippen molar-refractivity contribution < 1.29 is 4.79 Å². The van der Waals surface area contributed by atoms with E-state index in [0.717, 1.165) is 30.6 Å². The van der Waals surface area contributed by atoms with Gasteiger partial charge in [0, 0.05) is 24.3 Å². The molecule has 1 fully saturated rings. The highest BCUT2D eigenvalue weighted by atomic mass is 16.2. The minimum atomic E-state index is -0.00598. The van der Waals surface area contributed by atoms with Crippen LogP contribution in [0, 0.1) is 0 Å². The molecule has 0 saturated carbocycles. The van der Waals surface area contributed by atoms with Crippen molar-refractivity contribution in [3.63, 3.8) is 0 Å². The molecule has 98 valence electrons. The summed E-state index contributed by atoms with van der Waals surface area (Å²) in [5.74, 6) is 0. The molecule has 2 rings (SSSR count). The van der Waals surface area contributed by atoms with E-state index in [2.05, 4.69) is 12.2 Å². The monoisotopic (exact) mass is 247 g/mol. The number of urea groups is 1. The van der Waals surface area contributed by atoms with Crippen molar-refractivity contribution in [1.29, 1.82) is 0 Å². The van der Waals surface area contributed by atoms with Gasteiger partial charge in [-0.1, -0.05) is 12.1 Å². The highest BCUT2D eigenvalue weighted by Crippen LogP contribution is 2.19. The Labute approximate surface area is 108 Å².